The van der Waals surface area contributed by atoms with E-state index in [0.29, 0.717) is 16.8 Å². The number of carboxylic acids is 1. The fourth-order valence-electron chi connectivity index (χ4n) is 1.64. The molecule has 0 radical (unpaired) electrons. The maximum Gasteiger partial charge on any atom is 0.309 e. The Labute approximate surface area is 85.5 Å². The standard InChI is InChI=1S/C11H10FNO2/c1-6-9(12)3-2-7-4-8(5-10(14)15)13-11(6)7/h2-4,13H,5H2,1H3,(H,14,15). The van der Waals surface area contributed by atoms with E-state index in [0.717, 1.165) is 5.39 Å². The van der Waals surface area contributed by atoms with Crippen LogP contribution in [0.5, 0.6) is 0 Å². The van der Waals surface area contributed by atoms with E-state index >= 15 is 0 Å². The van der Waals surface area contributed by atoms with Gasteiger partial charge in [-0.05, 0) is 25.1 Å². The quantitative estimate of drug-likeness (QED) is 0.793. The normalized spacial score (nSPS) is 10.8. The molecule has 3 nitrogen and oxygen atoms in total. The Kier molecular flexibility index (Phi) is 2.19. The Bertz CT molecular complexity index is 531. The number of nitrogens with one attached hydrogen (secondary N) is 1. The second-order valence-electron chi connectivity index (χ2n) is 3.50. The molecule has 2 N–H and O–H groups in total. The molecule has 2 aromatic rings. The van der Waals surface area contributed by atoms with E-state index in [-0.39, 0.29) is 12.2 Å². The molecule has 4 heteroatoms. The van der Waals surface area contributed by atoms with Gasteiger partial charge in [0.25, 0.3) is 0 Å². The Morgan fingerprint density at radius 2 is 2.27 bits per heavy atom. The molecule has 0 bridgehead atoms. The lowest BCUT2D eigenvalue weighted by molar-refractivity contribution is -0.136. The zero-order valence-corrected chi connectivity index (χ0v) is 8.17. The van der Waals surface area contributed by atoms with E-state index < -0.39 is 5.97 Å². The van der Waals surface area contributed by atoms with Crippen LogP contribution in [-0.2, 0) is 11.2 Å². The molecule has 0 unspecified atom stereocenters. The van der Waals surface area contributed by atoms with E-state index in [1.54, 1.807) is 19.1 Å². The number of hydrogen-bond donors (Lipinski definition) is 2. The highest BCUT2D eigenvalue weighted by Gasteiger charge is 2.08. The Morgan fingerprint density at radius 3 is 2.93 bits per heavy atom. The van der Waals surface area contributed by atoms with Crippen LogP contribution in [0.4, 0.5) is 4.39 Å². The van der Waals surface area contributed by atoms with E-state index in [1.165, 1.54) is 6.07 Å². The highest BCUT2D eigenvalue weighted by molar-refractivity contribution is 5.84. The van der Waals surface area contributed by atoms with Crippen molar-refractivity contribution in [3.8, 4) is 0 Å². The lowest BCUT2D eigenvalue weighted by atomic mass is 10.1. The Morgan fingerprint density at radius 1 is 1.53 bits per heavy atom. The minimum Gasteiger partial charge on any atom is -0.481 e. The number of rotatable bonds is 2. The number of aliphatic carboxylic acids is 1. The van der Waals surface area contributed by atoms with Crippen molar-refractivity contribution in [3.63, 3.8) is 0 Å². The number of carboxylic acid groups (broad SMARTS) is 1. The lowest BCUT2D eigenvalue weighted by Gasteiger charge is -1.96. The maximum atomic E-state index is 13.2. The van der Waals surface area contributed by atoms with Gasteiger partial charge in [-0.15, -0.1) is 0 Å². The van der Waals surface area contributed by atoms with Crippen LogP contribution in [0, 0.1) is 12.7 Å². The van der Waals surface area contributed by atoms with Gasteiger partial charge < -0.3 is 10.1 Å². The van der Waals surface area contributed by atoms with Crippen LogP contribution in [0.3, 0.4) is 0 Å². The molecular weight excluding hydrogens is 197 g/mol. The number of H-pyrrole nitrogens is 1. The van der Waals surface area contributed by atoms with Gasteiger partial charge in [0.2, 0.25) is 0 Å². The number of benzene rings is 1. The molecule has 0 aliphatic rings. The zero-order chi connectivity index (χ0) is 11.0. The summed E-state index contributed by atoms with van der Waals surface area (Å²) in [5.41, 5.74) is 1.78. The second kappa shape index (κ2) is 3.38. The van der Waals surface area contributed by atoms with Gasteiger partial charge in [-0.1, -0.05) is 0 Å². The van der Waals surface area contributed by atoms with Crippen LogP contribution in [0.15, 0.2) is 18.2 Å². The van der Waals surface area contributed by atoms with Gasteiger partial charge in [0.05, 0.1) is 11.9 Å². The summed E-state index contributed by atoms with van der Waals surface area (Å²) in [4.78, 5) is 13.4. The highest BCUT2D eigenvalue weighted by atomic mass is 19.1. The smallest absolute Gasteiger partial charge is 0.309 e. The van der Waals surface area contributed by atoms with Crippen molar-refractivity contribution < 1.29 is 14.3 Å². The number of aryl methyl sites for hydroxylation is 1. The van der Waals surface area contributed by atoms with Crippen LogP contribution in [0.25, 0.3) is 10.9 Å². The number of hydrogen-bond acceptors (Lipinski definition) is 1. The number of aromatic amines is 1. The van der Waals surface area contributed by atoms with Gasteiger partial charge in [-0.25, -0.2) is 4.39 Å². The summed E-state index contributed by atoms with van der Waals surface area (Å²) in [6.07, 6.45) is -0.0737. The van der Waals surface area contributed by atoms with E-state index in [1.807, 2.05) is 0 Å². The van der Waals surface area contributed by atoms with Gasteiger partial charge in [0, 0.05) is 16.6 Å². The van der Waals surface area contributed by atoms with Crippen molar-refractivity contribution in [2.75, 3.05) is 0 Å². The molecule has 2 rings (SSSR count). The van der Waals surface area contributed by atoms with Crippen LogP contribution in [0.1, 0.15) is 11.3 Å². The third kappa shape index (κ3) is 1.70. The van der Waals surface area contributed by atoms with Crippen molar-refractivity contribution in [1.82, 2.24) is 4.98 Å². The van der Waals surface area contributed by atoms with Crippen LogP contribution in [-0.4, -0.2) is 16.1 Å². The summed E-state index contributed by atoms with van der Waals surface area (Å²) in [6.45, 7) is 1.67. The van der Waals surface area contributed by atoms with Crippen LogP contribution in [0.2, 0.25) is 0 Å². The van der Waals surface area contributed by atoms with Crippen molar-refractivity contribution in [1.29, 1.82) is 0 Å². The number of fused-ring (bicyclic) bond motifs is 1. The molecule has 0 saturated carbocycles. The summed E-state index contributed by atoms with van der Waals surface area (Å²) in [7, 11) is 0. The molecule has 0 fully saturated rings. The first kappa shape index (κ1) is 9.71. The minimum absolute atomic E-state index is 0.0737. The maximum absolute atomic E-state index is 13.2. The van der Waals surface area contributed by atoms with E-state index in [2.05, 4.69) is 4.98 Å². The molecule has 0 atom stereocenters. The van der Waals surface area contributed by atoms with Gasteiger partial charge in [0.1, 0.15) is 5.82 Å². The molecule has 1 heterocycles. The summed E-state index contributed by atoms with van der Waals surface area (Å²) >= 11 is 0. The molecule has 15 heavy (non-hydrogen) atoms. The highest BCUT2D eigenvalue weighted by Crippen LogP contribution is 2.21. The van der Waals surface area contributed by atoms with Gasteiger partial charge in [-0.3, -0.25) is 4.79 Å². The van der Waals surface area contributed by atoms with Gasteiger partial charge in [0.15, 0.2) is 0 Å². The van der Waals surface area contributed by atoms with Crippen molar-refractivity contribution in [3.05, 3.63) is 35.3 Å². The average molecular weight is 207 g/mol. The minimum atomic E-state index is -0.903. The molecule has 0 aliphatic heterocycles. The molecule has 0 amide bonds. The number of carbonyl (C=O) groups is 1. The summed E-state index contributed by atoms with van der Waals surface area (Å²) < 4.78 is 13.2. The first-order valence-electron chi connectivity index (χ1n) is 4.56. The molecule has 0 spiro atoms. The number of aromatic nitrogens is 1. The molecule has 1 aromatic carbocycles. The monoisotopic (exact) mass is 207 g/mol. The summed E-state index contributed by atoms with van der Waals surface area (Å²) in [6, 6.07) is 4.76. The molecule has 0 saturated heterocycles. The first-order chi connectivity index (χ1) is 7.08. The molecule has 0 aliphatic carbocycles. The fraction of sp³-hybridized carbons (Fsp3) is 0.182. The third-order valence-electron chi connectivity index (χ3n) is 2.39. The molecular formula is C11H10FNO2. The average Bonchev–Trinajstić information content (AvgIpc) is 2.54. The number of halogens is 1. The largest absolute Gasteiger partial charge is 0.481 e. The molecule has 78 valence electrons. The van der Waals surface area contributed by atoms with Gasteiger partial charge in [-0.2, -0.15) is 0 Å². The third-order valence-corrected chi connectivity index (χ3v) is 2.39. The van der Waals surface area contributed by atoms with Crippen molar-refractivity contribution in [2.45, 2.75) is 13.3 Å². The van der Waals surface area contributed by atoms with Gasteiger partial charge >= 0.3 is 5.97 Å². The Hall–Kier alpha value is -1.84. The van der Waals surface area contributed by atoms with E-state index in [4.69, 9.17) is 5.11 Å². The topological polar surface area (TPSA) is 53.1 Å². The lowest BCUT2D eigenvalue weighted by Crippen LogP contribution is -1.99. The molecule has 1 aromatic heterocycles. The Balaban J connectivity index is 2.56. The first-order valence-corrected chi connectivity index (χ1v) is 4.56. The predicted octanol–water partition coefficient (Wildman–Crippen LogP) is 2.24. The summed E-state index contributed by atoms with van der Waals surface area (Å²) in [5.74, 6) is -1.19. The van der Waals surface area contributed by atoms with Crippen LogP contribution < -0.4 is 0 Å². The SMILES string of the molecule is Cc1c(F)ccc2cc(CC(=O)O)[nH]c12. The zero-order valence-electron chi connectivity index (χ0n) is 8.17. The predicted molar refractivity (Wildman–Crippen MR) is 54.3 cm³/mol. The van der Waals surface area contributed by atoms with E-state index in [9.17, 15) is 9.18 Å². The fourth-order valence-corrected chi connectivity index (χ4v) is 1.64. The van der Waals surface area contributed by atoms with Crippen molar-refractivity contribution >= 4 is 16.9 Å². The summed E-state index contributed by atoms with van der Waals surface area (Å²) in [5, 5.41) is 9.46. The van der Waals surface area contributed by atoms with Crippen LogP contribution >= 0.6 is 0 Å². The second-order valence-corrected chi connectivity index (χ2v) is 3.50. The van der Waals surface area contributed by atoms with Crippen molar-refractivity contribution in [2.24, 2.45) is 0 Å².